The fourth-order valence-electron chi connectivity index (χ4n) is 2.44. The van der Waals surface area contributed by atoms with Crippen molar-refractivity contribution in [3.8, 4) is 5.75 Å². The van der Waals surface area contributed by atoms with Gasteiger partial charge in [-0.25, -0.2) is 9.59 Å². The van der Waals surface area contributed by atoms with Gasteiger partial charge in [0.25, 0.3) is 0 Å². The largest absolute Gasteiger partial charge is 0.514 e. The highest BCUT2D eigenvalue weighted by atomic mass is 35.5. The first-order valence-corrected chi connectivity index (χ1v) is 8.69. The zero-order valence-electron chi connectivity index (χ0n) is 14.6. The van der Waals surface area contributed by atoms with Gasteiger partial charge >= 0.3 is 12.3 Å². The Morgan fingerprint density at radius 3 is 2.40 bits per heavy atom. The van der Waals surface area contributed by atoms with Crippen LogP contribution in [-0.2, 0) is 14.2 Å². The highest BCUT2D eigenvalue weighted by Gasteiger charge is 2.25. The van der Waals surface area contributed by atoms with Crippen molar-refractivity contribution < 1.29 is 28.5 Å². The van der Waals surface area contributed by atoms with Gasteiger partial charge in [-0.15, -0.1) is 0 Å². The summed E-state index contributed by atoms with van der Waals surface area (Å²) in [5.74, 6) is 0.175. The summed E-state index contributed by atoms with van der Waals surface area (Å²) in [5.41, 5.74) is -1.53. The number of benzene rings is 1. The summed E-state index contributed by atoms with van der Waals surface area (Å²) >= 11 is 6.13. The topological polar surface area (TPSA) is 71.1 Å². The highest BCUT2D eigenvalue weighted by Crippen LogP contribution is 2.32. The summed E-state index contributed by atoms with van der Waals surface area (Å²) in [5, 5.41) is 0. The summed E-state index contributed by atoms with van der Waals surface area (Å²) in [6.45, 7) is 5.15. The molecular weight excluding hydrogens is 348 g/mol. The molecule has 0 N–H and O–H groups in total. The van der Waals surface area contributed by atoms with Gasteiger partial charge in [0.05, 0.1) is 5.56 Å². The minimum atomic E-state index is -1.16. The second-order valence-electron chi connectivity index (χ2n) is 6.81. The molecule has 0 aliphatic heterocycles. The molecular formula is C18H23ClO6. The number of halogens is 1. The first-order chi connectivity index (χ1) is 11.7. The molecule has 0 spiro atoms. The lowest BCUT2D eigenvalue weighted by Crippen LogP contribution is -2.25. The average molecular weight is 371 g/mol. The third-order valence-corrected chi connectivity index (χ3v) is 3.84. The first-order valence-electron chi connectivity index (χ1n) is 8.26. The molecule has 1 atom stereocenters. The summed E-state index contributed by atoms with van der Waals surface area (Å²) in [7, 11) is 0. The number of rotatable bonds is 4. The van der Waals surface area contributed by atoms with Crippen molar-refractivity contribution in [3.63, 3.8) is 0 Å². The smallest absolute Gasteiger partial charge is 0.431 e. The van der Waals surface area contributed by atoms with Crippen LogP contribution >= 0.6 is 11.6 Å². The van der Waals surface area contributed by atoms with Crippen LogP contribution in [0, 0.1) is 0 Å². The van der Waals surface area contributed by atoms with Crippen molar-refractivity contribution in [2.24, 2.45) is 0 Å². The van der Waals surface area contributed by atoms with Crippen molar-refractivity contribution >= 4 is 23.9 Å². The van der Waals surface area contributed by atoms with Crippen LogP contribution in [0.15, 0.2) is 24.3 Å². The van der Waals surface area contributed by atoms with Gasteiger partial charge < -0.3 is 18.9 Å². The highest BCUT2D eigenvalue weighted by molar-refractivity contribution is 6.20. The van der Waals surface area contributed by atoms with Gasteiger partial charge in [-0.2, -0.15) is 0 Å². The van der Waals surface area contributed by atoms with E-state index in [4.69, 9.17) is 30.5 Å². The fraction of sp³-hybridized carbons (Fsp3) is 0.556. The standard InChI is InChI=1S/C18H23ClO6/c1-18(2,3)25-17(21)24-15(19)13-10-6-7-11-14(13)23-16(20)22-12-8-4-5-9-12/h6-7,10-12,15H,4-5,8-9H2,1-3H3. The number of hydrogen-bond acceptors (Lipinski definition) is 6. The van der Waals surface area contributed by atoms with Gasteiger partial charge in [-0.05, 0) is 52.5 Å². The van der Waals surface area contributed by atoms with E-state index in [1.807, 2.05) is 0 Å². The third-order valence-electron chi connectivity index (χ3n) is 3.51. The molecule has 1 unspecified atom stereocenters. The van der Waals surface area contributed by atoms with Crippen LogP contribution in [-0.4, -0.2) is 24.0 Å². The molecule has 1 saturated carbocycles. The van der Waals surface area contributed by atoms with Crippen LogP contribution in [0.2, 0.25) is 0 Å². The Hall–Kier alpha value is -1.95. The zero-order valence-corrected chi connectivity index (χ0v) is 15.4. The van der Waals surface area contributed by atoms with Crippen molar-refractivity contribution in [1.82, 2.24) is 0 Å². The van der Waals surface area contributed by atoms with Gasteiger partial charge in [0.2, 0.25) is 5.56 Å². The van der Waals surface area contributed by atoms with Crippen molar-refractivity contribution in [3.05, 3.63) is 29.8 Å². The molecule has 0 amide bonds. The van der Waals surface area contributed by atoms with E-state index in [1.165, 1.54) is 0 Å². The van der Waals surface area contributed by atoms with Crippen molar-refractivity contribution in [1.29, 1.82) is 0 Å². The molecule has 1 aromatic rings. The maximum absolute atomic E-state index is 11.9. The lowest BCUT2D eigenvalue weighted by Gasteiger charge is -2.21. The number of alkyl halides is 1. The van der Waals surface area contributed by atoms with E-state index in [1.54, 1.807) is 45.0 Å². The van der Waals surface area contributed by atoms with E-state index in [9.17, 15) is 9.59 Å². The molecule has 1 aliphatic carbocycles. The van der Waals surface area contributed by atoms with Gasteiger partial charge in [0.15, 0.2) is 0 Å². The van der Waals surface area contributed by atoms with Crippen LogP contribution in [0.3, 0.4) is 0 Å². The zero-order chi connectivity index (χ0) is 18.4. The number of carbonyl (C=O) groups excluding carboxylic acids is 2. The Kier molecular flexibility index (Phi) is 6.53. The molecule has 138 valence electrons. The normalized spacial score (nSPS) is 16.2. The molecule has 0 heterocycles. The lowest BCUT2D eigenvalue weighted by atomic mass is 10.2. The number of hydrogen-bond donors (Lipinski definition) is 0. The van der Waals surface area contributed by atoms with Crippen LogP contribution < -0.4 is 4.74 Å². The van der Waals surface area contributed by atoms with Crippen LogP contribution in [0.4, 0.5) is 9.59 Å². The minimum absolute atomic E-state index is 0.107. The van der Waals surface area contributed by atoms with Gasteiger partial charge in [-0.3, -0.25) is 0 Å². The fourth-order valence-corrected chi connectivity index (χ4v) is 2.69. The van der Waals surface area contributed by atoms with E-state index >= 15 is 0 Å². The Bertz CT molecular complexity index is 604. The van der Waals surface area contributed by atoms with E-state index in [2.05, 4.69) is 0 Å². The number of ether oxygens (including phenoxy) is 4. The Labute approximate surface area is 152 Å². The second kappa shape index (κ2) is 8.43. The van der Waals surface area contributed by atoms with E-state index in [-0.39, 0.29) is 11.9 Å². The molecule has 0 bridgehead atoms. The van der Waals surface area contributed by atoms with Crippen molar-refractivity contribution in [2.45, 2.75) is 63.7 Å². The maximum atomic E-state index is 11.9. The number of para-hydroxylation sites is 1. The molecule has 0 saturated heterocycles. The summed E-state index contributed by atoms with van der Waals surface area (Å²) < 4.78 is 20.6. The number of carbonyl (C=O) groups is 2. The maximum Gasteiger partial charge on any atom is 0.514 e. The molecule has 1 aromatic carbocycles. The van der Waals surface area contributed by atoms with Gasteiger partial charge in [0.1, 0.15) is 17.5 Å². The van der Waals surface area contributed by atoms with Crippen LogP contribution in [0.5, 0.6) is 5.75 Å². The summed E-state index contributed by atoms with van der Waals surface area (Å²) in [6.07, 6.45) is 1.97. The SMILES string of the molecule is CC(C)(C)OC(=O)OC(Cl)c1ccccc1OC(=O)OC1CCCC1. The van der Waals surface area contributed by atoms with E-state index in [0.717, 1.165) is 25.7 Å². The predicted octanol–water partition coefficient (Wildman–Crippen LogP) is 5.33. The summed E-state index contributed by atoms with van der Waals surface area (Å²) in [4.78, 5) is 23.7. The molecule has 1 fully saturated rings. The van der Waals surface area contributed by atoms with Gasteiger partial charge in [0, 0.05) is 0 Å². The predicted molar refractivity (Wildman–Crippen MR) is 91.7 cm³/mol. The first kappa shape index (κ1) is 19.4. The van der Waals surface area contributed by atoms with E-state index < -0.39 is 23.5 Å². The molecule has 0 aromatic heterocycles. The van der Waals surface area contributed by atoms with Crippen LogP contribution in [0.1, 0.15) is 57.6 Å². The third kappa shape index (κ3) is 6.46. The molecule has 2 rings (SSSR count). The quantitative estimate of drug-likeness (QED) is 0.405. The molecule has 7 heteroatoms. The monoisotopic (exact) mass is 370 g/mol. The Balaban J connectivity index is 1.98. The van der Waals surface area contributed by atoms with Crippen molar-refractivity contribution in [2.75, 3.05) is 0 Å². The Morgan fingerprint density at radius 1 is 1.12 bits per heavy atom. The molecule has 25 heavy (non-hydrogen) atoms. The summed E-state index contributed by atoms with van der Waals surface area (Å²) in [6, 6.07) is 6.52. The molecule has 6 nitrogen and oxygen atoms in total. The Morgan fingerprint density at radius 2 is 1.76 bits per heavy atom. The average Bonchev–Trinajstić information content (AvgIpc) is 2.98. The lowest BCUT2D eigenvalue weighted by molar-refractivity contribution is -0.0137. The minimum Gasteiger partial charge on any atom is -0.431 e. The van der Waals surface area contributed by atoms with Crippen LogP contribution in [0.25, 0.3) is 0 Å². The van der Waals surface area contributed by atoms with E-state index in [0.29, 0.717) is 5.56 Å². The molecule has 1 aliphatic rings. The van der Waals surface area contributed by atoms with Gasteiger partial charge in [-0.1, -0.05) is 29.8 Å². The molecule has 0 radical (unpaired) electrons. The second-order valence-corrected chi connectivity index (χ2v) is 7.21.